The molecule has 4 nitrogen and oxygen atoms in total. The van der Waals surface area contributed by atoms with Crippen molar-refractivity contribution in [2.24, 2.45) is 5.73 Å². The molecule has 2 N–H and O–H groups in total. The molecule has 0 spiro atoms. The number of aromatic nitrogens is 1. The fourth-order valence-corrected chi connectivity index (χ4v) is 3.67. The molecule has 1 saturated heterocycles. The molecule has 5 heteroatoms. The molecule has 2 heterocycles. The Labute approximate surface area is 141 Å². The number of likely N-dealkylation sites (tertiary alicyclic amines) is 1. The van der Waals surface area contributed by atoms with Gasteiger partial charge in [-0.15, -0.1) is 11.3 Å². The maximum absolute atomic E-state index is 12.5. The summed E-state index contributed by atoms with van der Waals surface area (Å²) in [6.07, 6.45) is 1.97. The first-order chi connectivity index (χ1) is 11.0. The summed E-state index contributed by atoms with van der Waals surface area (Å²) in [7, 11) is 0. The van der Waals surface area contributed by atoms with Crippen molar-refractivity contribution in [3.63, 3.8) is 0 Å². The van der Waals surface area contributed by atoms with Crippen LogP contribution in [0.2, 0.25) is 0 Å². The fraction of sp³-hybridized carbons (Fsp3) is 0.444. The summed E-state index contributed by atoms with van der Waals surface area (Å²) < 4.78 is 0. The van der Waals surface area contributed by atoms with E-state index >= 15 is 0 Å². The van der Waals surface area contributed by atoms with Gasteiger partial charge in [0.15, 0.2) is 0 Å². The third-order valence-corrected chi connectivity index (χ3v) is 5.18. The zero-order valence-electron chi connectivity index (χ0n) is 13.7. The Morgan fingerprint density at radius 2 is 2.09 bits per heavy atom. The van der Waals surface area contributed by atoms with Crippen LogP contribution in [0.25, 0.3) is 10.6 Å². The number of carbonyl (C=O) groups excluding carboxylic acids is 1. The third kappa shape index (κ3) is 3.62. The zero-order chi connectivity index (χ0) is 16.4. The lowest BCUT2D eigenvalue weighted by atomic mass is 10.0. The van der Waals surface area contributed by atoms with Gasteiger partial charge in [-0.25, -0.2) is 4.98 Å². The molecule has 3 rings (SSSR count). The molecule has 2 aromatic rings. The minimum Gasteiger partial charge on any atom is -0.336 e. The molecule has 1 atom stereocenters. The number of carbonyl (C=O) groups is 1. The van der Waals surface area contributed by atoms with Crippen LogP contribution in [0.15, 0.2) is 29.6 Å². The highest BCUT2D eigenvalue weighted by Crippen LogP contribution is 2.26. The average Bonchev–Trinajstić information content (AvgIpc) is 3.04. The lowest BCUT2D eigenvalue weighted by Crippen LogP contribution is -2.45. The first-order valence-corrected chi connectivity index (χ1v) is 9.03. The van der Waals surface area contributed by atoms with Crippen LogP contribution in [-0.4, -0.2) is 34.9 Å². The summed E-state index contributed by atoms with van der Waals surface area (Å²) in [5.74, 6) is 0.516. The Morgan fingerprint density at radius 1 is 1.35 bits per heavy atom. The van der Waals surface area contributed by atoms with Crippen molar-refractivity contribution in [3.8, 4) is 10.6 Å². The maximum atomic E-state index is 12.5. The van der Waals surface area contributed by atoms with Gasteiger partial charge in [-0.05, 0) is 24.3 Å². The van der Waals surface area contributed by atoms with Crippen LogP contribution < -0.4 is 5.73 Å². The van der Waals surface area contributed by atoms with E-state index in [-0.39, 0.29) is 11.9 Å². The molecule has 122 valence electrons. The molecule has 0 bridgehead atoms. The van der Waals surface area contributed by atoms with E-state index in [4.69, 9.17) is 5.73 Å². The van der Waals surface area contributed by atoms with E-state index in [1.165, 1.54) is 16.9 Å². The van der Waals surface area contributed by atoms with Crippen LogP contribution in [0.1, 0.15) is 48.7 Å². The highest BCUT2D eigenvalue weighted by molar-refractivity contribution is 7.13. The molecule has 0 radical (unpaired) electrons. The minimum atomic E-state index is 0.00134. The summed E-state index contributed by atoms with van der Waals surface area (Å²) >= 11 is 1.52. The molecular formula is C18H23N3OS. The van der Waals surface area contributed by atoms with Gasteiger partial charge in [0, 0.05) is 30.1 Å². The van der Waals surface area contributed by atoms with Gasteiger partial charge in [-0.2, -0.15) is 0 Å². The Balaban J connectivity index is 1.76. The van der Waals surface area contributed by atoms with E-state index in [1.54, 1.807) is 0 Å². The van der Waals surface area contributed by atoms with Crippen molar-refractivity contribution in [1.82, 2.24) is 9.88 Å². The average molecular weight is 329 g/mol. The summed E-state index contributed by atoms with van der Waals surface area (Å²) in [5, 5.41) is 2.75. The van der Waals surface area contributed by atoms with Gasteiger partial charge < -0.3 is 10.6 Å². The normalized spacial score (nSPS) is 18.4. The number of hydrogen-bond acceptors (Lipinski definition) is 4. The molecule has 1 unspecified atom stereocenters. The van der Waals surface area contributed by atoms with E-state index < -0.39 is 0 Å². The monoisotopic (exact) mass is 329 g/mol. The predicted octanol–water partition coefficient (Wildman–Crippen LogP) is 3.50. The Bertz CT molecular complexity index is 678. The van der Waals surface area contributed by atoms with Crippen molar-refractivity contribution < 1.29 is 4.79 Å². The lowest BCUT2D eigenvalue weighted by Gasteiger charge is -2.30. The van der Waals surface area contributed by atoms with Gasteiger partial charge in [0.2, 0.25) is 0 Å². The summed E-state index contributed by atoms with van der Waals surface area (Å²) in [4.78, 5) is 18.9. The quantitative estimate of drug-likeness (QED) is 0.937. The molecule has 0 saturated carbocycles. The van der Waals surface area contributed by atoms with E-state index in [1.807, 2.05) is 10.3 Å². The van der Waals surface area contributed by atoms with E-state index in [0.29, 0.717) is 18.2 Å². The number of piperidine rings is 1. The van der Waals surface area contributed by atoms with Gasteiger partial charge in [-0.3, -0.25) is 4.79 Å². The second-order valence-corrected chi connectivity index (χ2v) is 7.33. The predicted molar refractivity (Wildman–Crippen MR) is 94.8 cm³/mol. The number of benzene rings is 1. The number of nitrogens with two attached hydrogens (primary N) is 1. The van der Waals surface area contributed by atoms with E-state index in [9.17, 15) is 4.79 Å². The Kier molecular flexibility index (Phi) is 4.78. The molecule has 1 aliphatic rings. The lowest BCUT2D eigenvalue weighted by molar-refractivity contribution is 0.0704. The number of rotatable bonds is 3. The van der Waals surface area contributed by atoms with Crippen LogP contribution >= 0.6 is 11.3 Å². The van der Waals surface area contributed by atoms with Crippen LogP contribution in [0.4, 0.5) is 0 Å². The zero-order valence-corrected chi connectivity index (χ0v) is 14.5. The molecule has 1 amide bonds. The molecule has 23 heavy (non-hydrogen) atoms. The van der Waals surface area contributed by atoms with Crippen molar-refractivity contribution in [1.29, 1.82) is 0 Å². The second kappa shape index (κ2) is 6.81. The third-order valence-electron chi connectivity index (χ3n) is 4.29. The minimum absolute atomic E-state index is 0.00134. The second-order valence-electron chi connectivity index (χ2n) is 6.47. The van der Waals surface area contributed by atoms with Crippen molar-refractivity contribution in [2.75, 3.05) is 13.1 Å². The topological polar surface area (TPSA) is 59.2 Å². The summed E-state index contributed by atoms with van der Waals surface area (Å²) in [6.45, 7) is 5.77. The van der Waals surface area contributed by atoms with E-state index in [0.717, 1.165) is 30.0 Å². The van der Waals surface area contributed by atoms with Crippen LogP contribution in [0.5, 0.6) is 0 Å². The number of nitrogens with zero attached hydrogens (tertiary/aromatic N) is 2. The standard InChI is InChI=1S/C18H23N3OS/c1-12(2)13-5-7-14(8-6-13)17-20-16(11-23-17)18(22)21-9-3-4-15(19)10-21/h5-8,11-12,15H,3-4,9-10,19H2,1-2H3. The maximum Gasteiger partial charge on any atom is 0.273 e. The van der Waals surface area contributed by atoms with Crippen LogP contribution in [0.3, 0.4) is 0 Å². The molecule has 0 aliphatic carbocycles. The largest absolute Gasteiger partial charge is 0.336 e. The van der Waals surface area contributed by atoms with Crippen LogP contribution in [0, 0.1) is 0 Å². The summed E-state index contributed by atoms with van der Waals surface area (Å²) in [6, 6.07) is 8.52. The fourth-order valence-electron chi connectivity index (χ4n) is 2.87. The Hall–Kier alpha value is -1.72. The van der Waals surface area contributed by atoms with Crippen molar-refractivity contribution >= 4 is 17.2 Å². The summed E-state index contributed by atoms with van der Waals surface area (Å²) in [5.41, 5.74) is 8.87. The number of hydrogen-bond donors (Lipinski definition) is 1. The Morgan fingerprint density at radius 3 is 2.74 bits per heavy atom. The van der Waals surface area contributed by atoms with Gasteiger partial charge in [0.1, 0.15) is 10.7 Å². The van der Waals surface area contributed by atoms with E-state index in [2.05, 4.69) is 43.1 Å². The molecular weight excluding hydrogens is 306 g/mol. The van der Waals surface area contributed by atoms with Gasteiger partial charge in [0.05, 0.1) is 0 Å². The van der Waals surface area contributed by atoms with Gasteiger partial charge in [0.25, 0.3) is 5.91 Å². The smallest absolute Gasteiger partial charge is 0.273 e. The van der Waals surface area contributed by atoms with Crippen LogP contribution in [-0.2, 0) is 0 Å². The number of thiazole rings is 1. The number of amides is 1. The first-order valence-electron chi connectivity index (χ1n) is 8.15. The van der Waals surface area contributed by atoms with Crippen molar-refractivity contribution in [2.45, 2.75) is 38.6 Å². The van der Waals surface area contributed by atoms with Gasteiger partial charge >= 0.3 is 0 Å². The molecule has 1 aromatic carbocycles. The highest BCUT2D eigenvalue weighted by atomic mass is 32.1. The SMILES string of the molecule is CC(C)c1ccc(-c2nc(C(=O)N3CCCC(N)C3)cs2)cc1. The molecule has 1 aromatic heterocycles. The molecule has 1 fully saturated rings. The van der Waals surface area contributed by atoms with Gasteiger partial charge in [-0.1, -0.05) is 38.1 Å². The first kappa shape index (κ1) is 16.1. The molecule has 1 aliphatic heterocycles. The highest BCUT2D eigenvalue weighted by Gasteiger charge is 2.24. The van der Waals surface area contributed by atoms with Crippen molar-refractivity contribution in [3.05, 3.63) is 40.9 Å².